The van der Waals surface area contributed by atoms with Crippen LogP contribution in [-0.2, 0) is 10.2 Å². The van der Waals surface area contributed by atoms with Gasteiger partial charge in [0, 0.05) is 19.2 Å². The third-order valence-electron chi connectivity index (χ3n) is 4.92. The van der Waals surface area contributed by atoms with Gasteiger partial charge in [-0.05, 0) is 37.7 Å². The normalized spacial score (nSPS) is 36.3. The van der Waals surface area contributed by atoms with Crippen LogP contribution in [0.1, 0.15) is 37.7 Å². The van der Waals surface area contributed by atoms with E-state index in [1.54, 1.807) is 7.11 Å². The summed E-state index contributed by atoms with van der Waals surface area (Å²) < 4.78 is 5.41. The summed E-state index contributed by atoms with van der Waals surface area (Å²) in [5.74, 6) is 0. The lowest BCUT2D eigenvalue weighted by molar-refractivity contribution is 0.105. The molecule has 0 heterocycles. The van der Waals surface area contributed by atoms with Crippen molar-refractivity contribution >= 4 is 0 Å². The van der Waals surface area contributed by atoms with E-state index in [1.807, 2.05) is 18.2 Å². The summed E-state index contributed by atoms with van der Waals surface area (Å²) in [6.45, 7) is 0. The lowest BCUT2D eigenvalue weighted by Gasteiger charge is -2.44. The first-order valence-electron chi connectivity index (χ1n) is 7.51. The number of methoxy groups -OCH3 is 1. The molecule has 3 heteroatoms. The van der Waals surface area contributed by atoms with E-state index in [4.69, 9.17) is 4.74 Å². The minimum absolute atomic E-state index is 0.266. The summed E-state index contributed by atoms with van der Waals surface area (Å²) in [6.07, 6.45) is 5.74. The average Bonchev–Trinajstić information content (AvgIpc) is 2.91. The summed E-state index contributed by atoms with van der Waals surface area (Å²) >= 11 is 0. The van der Waals surface area contributed by atoms with E-state index in [-0.39, 0.29) is 5.41 Å². The minimum Gasteiger partial charge on any atom is -0.381 e. The molecule has 1 aromatic rings. The van der Waals surface area contributed by atoms with Gasteiger partial charge < -0.3 is 10.1 Å². The second-order valence-electron chi connectivity index (χ2n) is 6.20. The summed E-state index contributed by atoms with van der Waals surface area (Å²) in [4.78, 5) is 0. The van der Waals surface area contributed by atoms with Crippen molar-refractivity contribution in [3.05, 3.63) is 35.9 Å². The SMILES string of the molecule is COC1CCC(NC2CC(C#N)(c3ccccc3)C2)C1. The van der Waals surface area contributed by atoms with Crippen molar-refractivity contribution in [2.75, 3.05) is 7.11 Å². The van der Waals surface area contributed by atoms with Gasteiger partial charge in [0.15, 0.2) is 0 Å². The monoisotopic (exact) mass is 270 g/mol. The first-order chi connectivity index (χ1) is 9.75. The van der Waals surface area contributed by atoms with Crippen molar-refractivity contribution in [2.24, 2.45) is 0 Å². The molecule has 2 atom stereocenters. The maximum atomic E-state index is 9.55. The van der Waals surface area contributed by atoms with Crippen LogP contribution >= 0.6 is 0 Å². The maximum Gasteiger partial charge on any atom is 0.0852 e. The van der Waals surface area contributed by atoms with Crippen molar-refractivity contribution in [1.29, 1.82) is 5.26 Å². The largest absolute Gasteiger partial charge is 0.381 e. The van der Waals surface area contributed by atoms with E-state index in [9.17, 15) is 5.26 Å². The molecule has 2 unspecified atom stereocenters. The van der Waals surface area contributed by atoms with Gasteiger partial charge in [0.2, 0.25) is 0 Å². The molecule has 2 saturated carbocycles. The number of ether oxygens (including phenoxy) is 1. The zero-order valence-electron chi connectivity index (χ0n) is 12.0. The average molecular weight is 270 g/mol. The van der Waals surface area contributed by atoms with E-state index in [0.29, 0.717) is 18.2 Å². The van der Waals surface area contributed by atoms with Crippen molar-refractivity contribution < 1.29 is 4.74 Å². The lowest BCUT2D eigenvalue weighted by Crippen LogP contribution is -2.53. The topological polar surface area (TPSA) is 45.0 Å². The van der Waals surface area contributed by atoms with Crippen LogP contribution in [0.15, 0.2) is 30.3 Å². The number of benzene rings is 1. The molecule has 2 aliphatic rings. The van der Waals surface area contributed by atoms with Gasteiger partial charge in [-0.2, -0.15) is 5.26 Å². The van der Waals surface area contributed by atoms with Crippen molar-refractivity contribution in [3.8, 4) is 6.07 Å². The van der Waals surface area contributed by atoms with E-state index in [0.717, 1.165) is 25.7 Å². The fourth-order valence-electron chi connectivity index (χ4n) is 3.69. The number of rotatable bonds is 4. The highest BCUT2D eigenvalue weighted by atomic mass is 16.5. The van der Waals surface area contributed by atoms with Gasteiger partial charge >= 0.3 is 0 Å². The van der Waals surface area contributed by atoms with Crippen LogP contribution in [0.5, 0.6) is 0 Å². The first-order valence-corrected chi connectivity index (χ1v) is 7.51. The van der Waals surface area contributed by atoms with Crippen LogP contribution in [0.3, 0.4) is 0 Å². The van der Waals surface area contributed by atoms with Crippen molar-refractivity contribution in [2.45, 2.75) is 55.7 Å². The van der Waals surface area contributed by atoms with Crippen molar-refractivity contribution in [3.63, 3.8) is 0 Å². The Balaban J connectivity index is 1.56. The van der Waals surface area contributed by atoms with Gasteiger partial charge in [0.25, 0.3) is 0 Å². The van der Waals surface area contributed by atoms with E-state index >= 15 is 0 Å². The molecule has 0 bridgehead atoms. The molecule has 0 radical (unpaired) electrons. The van der Waals surface area contributed by atoms with E-state index < -0.39 is 0 Å². The Morgan fingerprint density at radius 3 is 2.55 bits per heavy atom. The molecule has 2 aliphatic carbocycles. The fourth-order valence-corrected chi connectivity index (χ4v) is 3.69. The number of nitrogens with one attached hydrogen (secondary N) is 1. The summed E-state index contributed by atoms with van der Waals surface area (Å²) in [5, 5.41) is 13.3. The third kappa shape index (κ3) is 2.46. The highest BCUT2D eigenvalue weighted by molar-refractivity contribution is 5.36. The van der Waals surface area contributed by atoms with E-state index in [2.05, 4.69) is 23.5 Å². The summed E-state index contributed by atoms with van der Waals surface area (Å²) in [7, 11) is 1.80. The zero-order chi connectivity index (χ0) is 14.0. The molecule has 0 spiro atoms. The highest BCUT2D eigenvalue weighted by Gasteiger charge is 2.46. The van der Waals surface area contributed by atoms with Crippen LogP contribution in [0.2, 0.25) is 0 Å². The number of hydrogen-bond donors (Lipinski definition) is 1. The lowest BCUT2D eigenvalue weighted by atomic mass is 9.62. The molecular formula is C17H22N2O. The molecule has 0 amide bonds. The third-order valence-corrected chi connectivity index (χ3v) is 4.92. The van der Waals surface area contributed by atoms with Crippen LogP contribution in [0, 0.1) is 11.3 Å². The fraction of sp³-hybridized carbons (Fsp3) is 0.588. The highest BCUT2D eigenvalue weighted by Crippen LogP contribution is 2.44. The Morgan fingerprint density at radius 1 is 1.20 bits per heavy atom. The molecule has 0 aliphatic heterocycles. The Morgan fingerprint density at radius 2 is 1.95 bits per heavy atom. The van der Waals surface area contributed by atoms with Gasteiger partial charge in [0.1, 0.15) is 0 Å². The van der Waals surface area contributed by atoms with Gasteiger partial charge in [-0.15, -0.1) is 0 Å². The number of nitriles is 1. The van der Waals surface area contributed by atoms with Gasteiger partial charge in [-0.25, -0.2) is 0 Å². The number of nitrogens with zero attached hydrogens (tertiary/aromatic N) is 1. The Labute approximate surface area is 120 Å². The van der Waals surface area contributed by atoms with Crippen LogP contribution in [0.4, 0.5) is 0 Å². The molecule has 106 valence electrons. The Hall–Kier alpha value is -1.37. The second kappa shape index (κ2) is 5.55. The smallest absolute Gasteiger partial charge is 0.0852 e. The minimum atomic E-state index is -0.266. The molecule has 3 rings (SSSR count). The van der Waals surface area contributed by atoms with Crippen molar-refractivity contribution in [1.82, 2.24) is 5.32 Å². The van der Waals surface area contributed by atoms with Crippen LogP contribution < -0.4 is 5.32 Å². The number of hydrogen-bond acceptors (Lipinski definition) is 3. The molecule has 3 nitrogen and oxygen atoms in total. The van der Waals surface area contributed by atoms with Gasteiger partial charge in [-0.3, -0.25) is 0 Å². The standard InChI is InChI=1S/C17H22N2O/c1-20-16-8-7-14(9-16)19-15-10-17(11-15,12-18)13-5-3-2-4-6-13/h2-6,14-16,19H,7-11H2,1H3. The maximum absolute atomic E-state index is 9.55. The Bertz CT molecular complexity index is 487. The molecule has 20 heavy (non-hydrogen) atoms. The van der Waals surface area contributed by atoms with Gasteiger partial charge in [-0.1, -0.05) is 30.3 Å². The molecule has 0 saturated heterocycles. The predicted octanol–water partition coefficient (Wildman–Crippen LogP) is 2.77. The quantitative estimate of drug-likeness (QED) is 0.915. The van der Waals surface area contributed by atoms with Gasteiger partial charge in [0.05, 0.1) is 17.6 Å². The molecule has 1 aromatic carbocycles. The summed E-state index contributed by atoms with van der Waals surface area (Å²) in [5.41, 5.74) is 0.903. The van der Waals surface area contributed by atoms with E-state index in [1.165, 1.54) is 12.0 Å². The second-order valence-corrected chi connectivity index (χ2v) is 6.20. The van der Waals surface area contributed by atoms with Crippen LogP contribution in [0.25, 0.3) is 0 Å². The Kier molecular flexibility index (Phi) is 3.78. The molecule has 2 fully saturated rings. The van der Waals surface area contributed by atoms with Crippen LogP contribution in [-0.4, -0.2) is 25.3 Å². The molecule has 0 aromatic heterocycles. The molecular weight excluding hydrogens is 248 g/mol. The molecule has 1 N–H and O–H groups in total. The summed E-state index contributed by atoms with van der Waals surface area (Å²) in [6, 6.07) is 13.8. The predicted molar refractivity (Wildman–Crippen MR) is 78.3 cm³/mol. The zero-order valence-corrected chi connectivity index (χ0v) is 12.0. The first kappa shape index (κ1) is 13.6.